The lowest BCUT2D eigenvalue weighted by atomic mass is 9.82. The van der Waals surface area contributed by atoms with Gasteiger partial charge in [0.15, 0.2) is 0 Å². The topological polar surface area (TPSA) is 29.3 Å². The Balaban J connectivity index is 2.27. The van der Waals surface area contributed by atoms with Crippen LogP contribution in [-0.2, 0) is 0 Å². The summed E-state index contributed by atoms with van der Waals surface area (Å²) in [6, 6.07) is 0.325. The summed E-state index contributed by atoms with van der Waals surface area (Å²) in [4.78, 5) is 2.48. The van der Waals surface area contributed by atoms with Gasteiger partial charge >= 0.3 is 0 Å². The molecule has 1 aliphatic rings. The highest BCUT2D eigenvalue weighted by molar-refractivity contribution is 4.79. The molecule has 0 bridgehead atoms. The fourth-order valence-corrected chi connectivity index (χ4v) is 1.75. The minimum atomic E-state index is 0.325. The molecule has 0 aromatic rings. The van der Waals surface area contributed by atoms with Crippen LogP contribution in [0.2, 0.25) is 0 Å². The van der Waals surface area contributed by atoms with E-state index >= 15 is 0 Å². The Morgan fingerprint density at radius 2 is 1.83 bits per heavy atom. The molecule has 2 heteroatoms. The molecule has 1 aliphatic heterocycles. The van der Waals surface area contributed by atoms with Crippen molar-refractivity contribution in [3.63, 3.8) is 0 Å². The van der Waals surface area contributed by atoms with Gasteiger partial charge in [-0.25, -0.2) is 0 Å². The number of hydrogen-bond acceptors (Lipinski definition) is 2. The average Bonchev–Trinajstić information content (AvgIpc) is 1.93. The molecular formula is C10H22N2. The first-order chi connectivity index (χ1) is 5.49. The van der Waals surface area contributed by atoms with E-state index in [1.165, 1.54) is 25.9 Å². The van der Waals surface area contributed by atoms with E-state index in [-0.39, 0.29) is 0 Å². The second-order valence-corrected chi connectivity index (χ2v) is 4.94. The standard InChI is InChI=1S/C10H22N2/c1-9(11)8-12-6-4-10(2,3)5-7-12/h9H,4-8,11H2,1-3H3/t9-/m0/s1. The summed E-state index contributed by atoms with van der Waals surface area (Å²) < 4.78 is 0. The average molecular weight is 170 g/mol. The Labute approximate surface area is 76.1 Å². The second-order valence-electron chi connectivity index (χ2n) is 4.94. The number of nitrogens with two attached hydrogens (primary N) is 1. The van der Waals surface area contributed by atoms with Crippen LogP contribution < -0.4 is 5.73 Å². The molecule has 1 rings (SSSR count). The maximum Gasteiger partial charge on any atom is 0.0139 e. The highest BCUT2D eigenvalue weighted by atomic mass is 15.1. The lowest BCUT2D eigenvalue weighted by Crippen LogP contribution is -2.42. The Kier molecular flexibility index (Phi) is 3.13. The summed E-state index contributed by atoms with van der Waals surface area (Å²) in [7, 11) is 0. The van der Waals surface area contributed by atoms with Crippen LogP contribution in [0, 0.1) is 5.41 Å². The van der Waals surface area contributed by atoms with E-state index in [1.54, 1.807) is 0 Å². The molecule has 1 fully saturated rings. The number of hydrogen-bond donors (Lipinski definition) is 1. The van der Waals surface area contributed by atoms with Crippen molar-refractivity contribution in [2.45, 2.75) is 39.7 Å². The van der Waals surface area contributed by atoms with Crippen molar-refractivity contribution in [3.8, 4) is 0 Å². The van der Waals surface area contributed by atoms with Gasteiger partial charge in [0.05, 0.1) is 0 Å². The molecule has 2 N–H and O–H groups in total. The summed E-state index contributed by atoms with van der Waals surface area (Å²) in [5.41, 5.74) is 6.31. The minimum Gasteiger partial charge on any atom is -0.327 e. The molecule has 0 spiro atoms. The van der Waals surface area contributed by atoms with E-state index in [2.05, 4.69) is 25.7 Å². The summed E-state index contributed by atoms with van der Waals surface area (Å²) in [6.07, 6.45) is 2.64. The first-order valence-corrected chi connectivity index (χ1v) is 4.97. The molecule has 2 nitrogen and oxygen atoms in total. The molecule has 1 heterocycles. The summed E-state index contributed by atoms with van der Waals surface area (Å²) >= 11 is 0. The van der Waals surface area contributed by atoms with Crippen LogP contribution in [-0.4, -0.2) is 30.6 Å². The van der Waals surface area contributed by atoms with Crippen LogP contribution in [0.1, 0.15) is 33.6 Å². The lowest BCUT2D eigenvalue weighted by Gasteiger charge is -2.37. The maximum absolute atomic E-state index is 5.75. The predicted octanol–water partition coefficient (Wildman–Crippen LogP) is 1.46. The third-order valence-electron chi connectivity index (χ3n) is 2.76. The number of piperidine rings is 1. The van der Waals surface area contributed by atoms with Crippen LogP contribution in [0.25, 0.3) is 0 Å². The predicted molar refractivity (Wildman–Crippen MR) is 53.1 cm³/mol. The van der Waals surface area contributed by atoms with Crippen LogP contribution >= 0.6 is 0 Å². The van der Waals surface area contributed by atoms with E-state index in [9.17, 15) is 0 Å². The molecule has 0 amide bonds. The van der Waals surface area contributed by atoms with Gasteiger partial charge in [0.25, 0.3) is 0 Å². The molecule has 0 radical (unpaired) electrons. The third kappa shape index (κ3) is 3.11. The van der Waals surface area contributed by atoms with Crippen molar-refractivity contribution in [1.82, 2.24) is 4.90 Å². The van der Waals surface area contributed by atoms with Gasteiger partial charge in [-0.1, -0.05) is 13.8 Å². The summed E-state index contributed by atoms with van der Waals surface area (Å²) in [5, 5.41) is 0. The molecule has 1 saturated heterocycles. The molecular weight excluding hydrogens is 148 g/mol. The van der Waals surface area contributed by atoms with E-state index in [0.717, 1.165) is 6.54 Å². The van der Waals surface area contributed by atoms with Crippen LogP contribution in [0.5, 0.6) is 0 Å². The quantitative estimate of drug-likeness (QED) is 0.680. The van der Waals surface area contributed by atoms with Gasteiger partial charge in [-0.05, 0) is 38.3 Å². The number of rotatable bonds is 2. The van der Waals surface area contributed by atoms with Crippen molar-refractivity contribution in [2.24, 2.45) is 11.1 Å². The lowest BCUT2D eigenvalue weighted by molar-refractivity contribution is 0.128. The van der Waals surface area contributed by atoms with E-state index < -0.39 is 0 Å². The largest absolute Gasteiger partial charge is 0.327 e. The third-order valence-corrected chi connectivity index (χ3v) is 2.76. The molecule has 0 unspecified atom stereocenters. The van der Waals surface area contributed by atoms with Gasteiger partial charge in [0.2, 0.25) is 0 Å². The van der Waals surface area contributed by atoms with Crippen molar-refractivity contribution in [1.29, 1.82) is 0 Å². The minimum absolute atomic E-state index is 0.325. The van der Waals surface area contributed by atoms with E-state index in [4.69, 9.17) is 5.73 Å². The zero-order chi connectivity index (χ0) is 9.19. The van der Waals surface area contributed by atoms with Gasteiger partial charge in [0, 0.05) is 12.6 Å². The second kappa shape index (κ2) is 3.75. The fourth-order valence-electron chi connectivity index (χ4n) is 1.75. The van der Waals surface area contributed by atoms with E-state index in [0.29, 0.717) is 11.5 Å². The Morgan fingerprint density at radius 3 is 2.25 bits per heavy atom. The molecule has 0 saturated carbocycles. The van der Waals surface area contributed by atoms with Crippen LogP contribution in [0.3, 0.4) is 0 Å². The van der Waals surface area contributed by atoms with Gasteiger partial charge < -0.3 is 10.6 Å². The highest BCUT2D eigenvalue weighted by Crippen LogP contribution is 2.29. The van der Waals surface area contributed by atoms with Crippen molar-refractivity contribution in [3.05, 3.63) is 0 Å². The SMILES string of the molecule is C[C@H](N)CN1CCC(C)(C)CC1. The molecule has 0 aromatic carbocycles. The van der Waals surface area contributed by atoms with Gasteiger partial charge in [0.1, 0.15) is 0 Å². The summed E-state index contributed by atoms with van der Waals surface area (Å²) in [5.74, 6) is 0. The maximum atomic E-state index is 5.75. The molecule has 72 valence electrons. The highest BCUT2D eigenvalue weighted by Gasteiger charge is 2.25. The zero-order valence-electron chi connectivity index (χ0n) is 8.64. The fraction of sp³-hybridized carbons (Fsp3) is 1.00. The first kappa shape index (κ1) is 10.0. The Bertz CT molecular complexity index is 131. The summed E-state index contributed by atoms with van der Waals surface area (Å²) in [6.45, 7) is 10.3. The molecule has 1 atom stereocenters. The van der Waals surface area contributed by atoms with Gasteiger partial charge in [-0.15, -0.1) is 0 Å². The van der Waals surface area contributed by atoms with E-state index in [1.807, 2.05) is 0 Å². The zero-order valence-corrected chi connectivity index (χ0v) is 8.64. The van der Waals surface area contributed by atoms with Gasteiger partial charge in [-0.2, -0.15) is 0 Å². The smallest absolute Gasteiger partial charge is 0.0139 e. The number of likely N-dealkylation sites (tertiary alicyclic amines) is 1. The van der Waals surface area contributed by atoms with Crippen LogP contribution in [0.15, 0.2) is 0 Å². The van der Waals surface area contributed by atoms with Crippen molar-refractivity contribution >= 4 is 0 Å². The molecule has 12 heavy (non-hydrogen) atoms. The van der Waals surface area contributed by atoms with Gasteiger partial charge in [-0.3, -0.25) is 0 Å². The van der Waals surface area contributed by atoms with Crippen molar-refractivity contribution in [2.75, 3.05) is 19.6 Å². The molecule has 0 aromatic heterocycles. The first-order valence-electron chi connectivity index (χ1n) is 4.97. The molecule has 0 aliphatic carbocycles. The normalized spacial score (nSPS) is 27.0. The Hall–Kier alpha value is -0.0800. The van der Waals surface area contributed by atoms with Crippen LogP contribution in [0.4, 0.5) is 0 Å². The Morgan fingerprint density at radius 1 is 1.33 bits per heavy atom. The monoisotopic (exact) mass is 170 g/mol. The van der Waals surface area contributed by atoms with Crippen molar-refractivity contribution < 1.29 is 0 Å². The number of nitrogens with zero attached hydrogens (tertiary/aromatic N) is 1.